The largest absolute Gasteiger partial charge is 0.467 e. The molecule has 3 aromatic heterocycles. The number of hydrogen-bond acceptors (Lipinski definition) is 6. The molecule has 9 nitrogen and oxygen atoms in total. The van der Waals surface area contributed by atoms with Gasteiger partial charge in [0.1, 0.15) is 12.3 Å². The van der Waals surface area contributed by atoms with Crippen molar-refractivity contribution in [2.24, 2.45) is 0 Å². The molecule has 4 rings (SSSR count). The zero-order valence-electron chi connectivity index (χ0n) is 17.5. The Balaban J connectivity index is 1.57. The van der Waals surface area contributed by atoms with Crippen LogP contribution in [0.15, 0.2) is 53.3 Å². The number of alkyl halides is 3. The van der Waals surface area contributed by atoms with Crippen molar-refractivity contribution in [1.29, 1.82) is 0 Å². The Kier molecular flexibility index (Phi) is 6.24. The molecule has 0 atom stereocenters. The zero-order chi connectivity index (χ0) is 24.5. The minimum atomic E-state index is -4.69. The fraction of sp³-hybridized carbons (Fsp3) is 0.190. The summed E-state index contributed by atoms with van der Waals surface area (Å²) in [5.41, 5.74) is -0.528. The van der Waals surface area contributed by atoms with E-state index in [9.17, 15) is 22.8 Å². The summed E-state index contributed by atoms with van der Waals surface area (Å²) in [5, 5.41) is 6.01. The topological polar surface area (TPSA) is 106 Å². The molecule has 0 unspecified atom stereocenters. The molecule has 1 N–H and O–H groups in total. The molecule has 0 spiro atoms. The number of hydrogen-bond donors (Lipinski definition) is 1. The number of fused-ring (bicyclic) bond motifs is 1. The second-order valence-corrected chi connectivity index (χ2v) is 7.62. The standard InChI is InChI=1S/C21H16ClF3N6O3/c1-12-6-7-26-20-28-18(29-31(12)20)19(33)30(10-14-3-2-8-34-14)11-17(32)27-13-4-5-16(22)15(9-13)21(23,24)25/h2-9H,10-11H2,1H3,(H,27,32). The maximum atomic E-state index is 13.1. The number of amides is 2. The van der Waals surface area contributed by atoms with Crippen LogP contribution < -0.4 is 5.32 Å². The number of aromatic nitrogens is 4. The molecule has 13 heteroatoms. The number of halogens is 4. The Morgan fingerprint density at radius 1 is 1.24 bits per heavy atom. The minimum Gasteiger partial charge on any atom is -0.467 e. The van der Waals surface area contributed by atoms with Crippen molar-refractivity contribution in [3.05, 3.63) is 76.7 Å². The van der Waals surface area contributed by atoms with Crippen molar-refractivity contribution >= 4 is 34.9 Å². The van der Waals surface area contributed by atoms with E-state index < -0.39 is 35.1 Å². The van der Waals surface area contributed by atoms with Crippen molar-refractivity contribution < 1.29 is 27.2 Å². The number of benzene rings is 1. The van der Waals surface area contributed by atoms with E-state index in [2.05, 4.69) is 20.4 Å². The molecule has 0 aliphatic heterocycles. The number of nitrogens with zero attached hydrogens (tertiary/aromatic N) is 5. The Bertz CT molecular complexity index is 1350. The van der Waals surface area contributed by atoms with Crippen LogP contribution in [0.25, 0.3) is 5.78 Å². The molecule has 0 aliphatic carbocycles. The van der Waals surface area contributed by atoms with E-state index in [1.54, 1.807) is 25.1 Å². The van der Waals surface area contributed by atoms with Crippen molar-refractivity contribution in [2.45, 2.75) is 19.6 Å². The fourth-order valence-electron chi connectivity index (χ4n) is 3.12. The average molecular weight is 493 g/mol. The third kappa shape index (κ3) is 5.01. The van der Waals surface area contributed by atoms with Gasteiger partial charge in [0.15, 0.2) is 0 Å². The third-order valence-corrected chi connectivity index (χ3v) is 5.05. The monoisotopic (exact) mass is 492 g/mol. The van der Waals surface area contributed by atoms with E-state index in [1.165, 1.54) is 23.0 Å². The van der Waals surface area contributed by atoms with Crippen LogP contribution in [0.1, 0.15) is 27.6 Å². The van der Waals surface area contributed by atoms with E-state index in [-0.39, 0.29) is 23.8 Å². The van der Waals surface area contributed by atoms with Gasteiger partial charge in [0.2, 0.25) is 11.7 Å². The molecular weight excluding hydrogens is 477 g/mol. The van der Waals surface area contributed by atoms with Gasteiger partial charge in [0, 0.05) is 17.6 Å². The quantitative estimate of drug-likeness (QED) is 0.436. The molecule has 0 radical (unpaired) electrons. The van der Waals surface area contributed by atoms with E-state index in [1.807, 2.05) is 0 Å². The number of anilines is 1. The van der Waals surface area contributed by atoms with Crippen LogP contribution in [0.2, 0.25) is 5.02 Å². The summed E-state index contributed by atoms with van der Waals surface area (Å²) in [6.45, 7) is 1.15. The van der Waals surface area contributed by atoms with Crippen LogP contribution in [0, 0.1) is 6.92 Å². The van der Waals surface area contributed by atoms with Gasteiger partial charge in [-0.2, -0.15) is 18.2 Å². The van der Waals surface area contributed by atoms with Crippen molar-refractivity contribution in [3.8, 4) is 0 Å². The van der Waals surface area contributed by atoms with E-state index >= 15 is 0 Å². The molecule has 4 aromatic rings. The van der Waals surface area contributed by atoms with Gasteiger partial charge in [0.25, 0.3) is 11.7 Å². The van der Waals surface area contributed by atoms with Crippen LogP contribution in [0.5, 0.6) is 0 Å². The highest BCUT2D eigenvalue weighted by Crippen LogP contribution is 2.36. The highest BCUT2D eigenvalue weighted by atomic mass is 35.5. The summed E-state index contributed by atoms with van der Waals surface area (Å²) < 4.78 is 46.0. The lowest BCUT2D eigenvalue weighted by atomic mass is 10.2. The van der Waals surface area contributed by atoms with Crippen molar-refractivity contribution in [3.63, 3.8) is 0 Å². The first-order valence-corrected chi connectivity index (χ1v) is 10.2. The predicted molar refractivity (Wildman–Crippen MR) is 114 cm³/mol. The second kappa shape index (κ2) is 9.14. The normalized spacial score (nSPS) is 11.6. The van der Waals surface area contributed by atoms with Gasteiger partial charge < -0.3 is 14.6 Å². The number of aryl methyl sites for hydroxylation is 1. The van der Waals surface area contributed by atoms with Crippen molar-refractivity contribution in [1.82, 2.24) is 24.5 Å². The Hall–Kier alpha value is -3.93. The third-order valence-electron chi connectivity index (χ3n) is 4.73. The molecule has 3 heterocycles. The summed E-state index contributed by atoms with van der Waals surface area (Å²) in [5.74, 6) is -1.05. The highest BCUT2D eigenvalue weighted by molar-refractivity contribution is 6.31. The SMILES string of the molecule is Cc1ccnc2nc(C(=O)N(CC(=O)Nc3ccc(Cl)c(C(F)(F)F)c3)Cc3ccco3)nn12. The molecule has 0 fully saturated rings. The van der Waals surface area contributed by atoms with Gasteiger partial charge >= 0.3 is 6.18 Å². The van der Waals surface area contributed by atoms with Gasteiger partial charge in [0.05, 0.1) is 23.4 Å². The molecule has 1 aromatic carbocycles. The molecule has 176 valence electrons. The summed E-state index contributed by atoms with van der Waals surface area (Å²) >= 11 is 5.62. The van der Waals surface area contributed by atoms with Crippen LogP contribution >= 0.6 is 11.6 Å². The lowest BCUT2D eigenvalue weighted by Gasteiger charge is -2.20. The van der Waals surface area contributed by atoms with Crippen LogP contribution in [-0.2, 0) is 17.5 Å². The predicted octanol–water partition coefficient (Wildman–Crippen LogP) is 3.98. The first kappa shape index (κ1) is 23.2. The number of nitrogens with one attached hydrogen (secondary N) is 1. The molecular formula is C21H16ClF3N6O3. The van der Waals surface area contributed by atoms with E-state index in [0.29, 0.717) is 11.5 Å². The highest BCUT2D eigenvalue weighted by Gasteiger charge is 2.33. The molecule has 0 aliphatic rings. The molecule has 34 heavy (non-hydrogen) atoms. The first-order chi connectivity index (χ1) is 16.1. The van der Waals surface area contributed by atoms with Crippen LogP contribution in [0.3, 0.4) is 0 Å². The second-order valence-electron chi connectivity index (χ2n) is 7.21. The average Bonchev–Trinajstić information content (AvgIpc) is 3.44. The number of carbonyl (C=O) groups is 2. The van der Waals surface area contributed by atoms with Gasteiger partial charge in [-0.1, -0.05) is 11.6 Å². The van der Waals surface area contributed by atoms with Crippen LogP contribution in [0.4, 0.5) is 18.9 Å². The van der Waals surface area contributed by atoms with Crippen molar-refractivity contribution in [2.75, 3.05) is 11.9 Å². The minimum absolute atomic E-state index is 0.102. The van der Waals surface area contributed by atoms with Crippen LogP contribution in [-0.4, -0.2) is 42.8 Å². The molecule has 0 bridgehead atoms. The first-order valence-electron chi connectivity index (χ1n) is 9.78. The number of rotatable bonds is 6. The summed E-state index contributed by atoms with van der Waals surface area (Å²) in [4.78, 5) is 35.1. The maximum absolute atomic E-state index is 13.1. The summed E-state index contributed by atoms with van der Waals surface area (Å²) in [7, 11) is 0. The van der Waals surface area contributed by atoms with E-state index in [4.69, 9.17) is 16.0 Å². The lowest BCUT2D eigenvalue weighted by Crippen LogP contribution is -2.38. The maximum Gasteiger partial charge on any atom is 0.417 e. The number of furan rings is 1. The Labute approximate surface area is 195 Å². The van der Waals surface area contributed by atoms with E-state index in [0.717, 1.165) is 17.0 Å². The van der Waals surface area contributed by atoms with Gasteiger partial charge in [-0.05, 0) is 43.3 Å². The van der Waals surface area contributed by atoms with Gasteiger partial charge in [-0.3, -0.25) is 9.59 Å². The fourth-order valence-corrected chi connectivity index (χ4v) is 3.35. The summed E-state index contributed by atoms with van der Waals surface area (Å²) in [6, 6.07) is 7.88. The lowest BCUT2D eigenvalue weighted by molar-refractivity contribution is -0.137. The smallest absolute Gasteiger partial charge is 0.417 e. The number of carbonyl (C=O) groups excluding carboxylic acids is 2. The molecule has 0 saturated heterocycles. The Morgan fingerprint density at radius 3 is 2.71 bits per heavy atom. The zero-order valence-corrected chi connectivity index (χ0v) is 18.3. The van der Waals surface area contributed by atoms with Gasteiger partial charge in [-0.25, -0.2) is 9.50 Å². The Morgan fingerprint density at radius 2 is 2.03 bits per heavy atom. The summed E-state index contributed by atoms with van der Waals surface area (Å²) in [6.07, 6.45) is -1.77. The molecule has 2 amide bonds. The molecule has 0 saturated carbocycles. The van der Waals surface area contributed by atoms with Gasteiger partial charge in [-0.15, -0.1) is 5.10 Å².